The lowest BCUT2D eigenvalue weighted by Crippen LogP contribution is -2.07. The van der Waals surface area contributed by atoms with Crippen LogP contribution in [0.25, 0.3) is 0 Å². The topological polar surface area (TPSA) is 29.1 Å². The summed E-state index contributed by atoms with van der Waals surface area (Å²) in [5.74, 6) is 0.171. The first-order valence-electron chi connectivity index (χ1n) is 6.38. The maximum Gasteiger partial charge on any atom is 0.169 e. The number of Topliss-reactive ketones (excluding diaryl/α,β-unsaturated/α-hetero) is 1. The summed E-state index contributed by atoms with van der Waals surface area (Å²) in [6.07, 6.45) is 1.43. The second kappa shape index (κ2) is 5.17. The highest BCUT2D eigenvalue weighted by atomic mass is 79.9. The number of nitrogens with one attached hydrogen (secondary N) is 1. The predicted octanol–water partition coefficient (Wildman–Crippen LogP) is 3.84. The van der Waals surface area contributed by atoms with Gasteiger partial charge in [-0.05, 0) is 29.7 Å². The molecule has 1 aliphatic heterocycles. The molecule has 0 spiro atoms. The quantitative estimate of drug-likeness (QED) is 0.872. The number of fused-ring (bicyclic) bond motifs is 1. The lowest BCUT2D eigenvalue weighted by atomic mass is 9.99. The summed E-state index contributed by atoms with van der Waals surface area (Å²) < 4.78 is 1.09. The zero-order chi connectivity index (χ0) is 13.2. The monoisotopic (exact) mass is 315 g/mol. The summed E-state index contributed by atoms with van der Waals surface area (Å²) in [6, 6.07) is 13.8. The molecule has 0 amide bonds. The molecule has 0 aliphatic carbocycles. The molecule has 19 heavy (non-hydrogen) atoms. The van der Waals surface area contributed by atoms with Gasteiger partial charge < -0.3 is 5.32 Å². The fraction of sp³-hybridized carbons (Fsp3) is 0.188. The first-order chi connectivity index (χ1) is 9.25. The van der Waals surface area contributed by atoms with Crippen molar-refractivity contribution in [2.45, 2.75) is 12.8 Å². The third-order valence-corrected chi connectivity index (χ3v) is 4.18. The van der Waals surface area contributed by atoms with Crippen LogP contribution in [-0.2, 0) is 12.8 Å². The van der Waals surface area contributed by atoms with Gasteiger partial charge in [0.05, 0.1) is 0 Å². The van der Waals surface area contributed by atoms with E-state index in [9.17, 15) is 4.79 Å². The molecule has 0 saturated heterocycles. The lowest BCUT2D eigenvalue weighted by molar-refractivity contribution is 0.0993. The number of carbonyl (C=O) groups is 1. The van der Waals surface area contributed by atoms with E-state index < -0.39 is 0 Å². The van der Waals surface area contributed by atoms with Crippen LogP contribution in [0, 0.1) is 0 Å². The number of hydrogen-bond donors (Lipinski definition) is 1. The summed E-state index contributed by atoms with van der Waals surface area (Å²) in [5, 5.41) is 3.33. The van der Waals surface area contributed by atoms with Gasteiger partial charge in [-0.1, -0.05) is 46.3 Å². The van der Waals surface area contributed by atoms with Crippen LogP contribution in [-0.4, -0.2) is 12.3 Å². The number of halogens is 1. The third kappa shape index (κ3) is 2.43. The molecule has 0 aromatic heterocycles. The Bertz CT molecular complexity index is 622. The first-order valence-corrected chi connectivity index (χ1v) is 7.17. The number of ketones is 1. The zero-order valence-corrected chi connectivity index (χ0v) is 12.0. The summed E-state index contributed by atoms with van der Waals surface area (Å²) in [6.45, 7) is 0.906. The van der Waals surface area contributed by atoms with Crippen LogP contribution in [0.1, 0.15) is 21.5 Å². The van der Waals surface area contributed by atoms with Gasteiger partial charge in [0.1, 0.15) is 0 Å². The highest BCUT2D eigenvalue weighted by Gasteiger charge is 2.20. The van der Waals surface area contributed by atoms with Gasteiger partial charge in [-0.15, -0.1) is 0 Å². The van der Waals surface area contributed by atoms with E-state index >= 15 is 0 Å². The van der Waals surface area contributed by atoms with Gasteiger partial charge in [0.25, 0.3) is 0 Å². The predicted molar refractivity (Wildman–Crippen MR) is 80.8 cm³/mol. The Balaban J connectivity index is 1.91. The Morgan fingerprint density at radius 2 is 1.95 bits per heavy atom. The molecule has 0 bridgehead atoms. The molecule has 0 saturated carbocycles. The van der Waals surface area contributed by atoms with E-state index in [1.165, 1.54) is 5.56 Å². The van der Waals surface area contributed by atoms with Gasteiger partial charge in [-0.25, -0.2) is 0 Å². The molecule has 1 heterocycles. The largest absolute Gasteiger partial charge is 0.384 e. The number of carbonyl (C=O) groups excluding carboxylic acids is 1. The van der Waals surface area contributed by atoms with Crippen LogP contribution in [0.2, 0.25) is 0 Å². The van der Waals surface area contributed by atoms with Gasteiger partial charge in [0.15, 0.2) is 5.78 Å². The molecular weight excluding hydrogens is 302 g/mol. The highest BCUT2D eigenvalue weighted by molar-refractivity contribution is 9.10. The van der Waals surface area contributed by atoms with Crippen molar-refractivity contribution in [1.82, 2.24) is 0 Å². The van der Waals surface area contributed by atoms with Crippen LogP contribution in [0.15, 0.2) is 46.9 Å². The van der Waals surface area contributed by atoms with Gasteiger partial charge in [0.2, 0.25) is 0 Å². The average molecular weight is 316 g/mol. The number of rotatable bonds is 3. The van der Waals surface area contributed by atoms with Crippen molar-refractivity contribution in [2.75, 3.05) is 11.9 Å². The Labute approximate surface area is 121 Å². The van der Waals surface area contributed by atoms with Crippen molar-refractivity contribution in [1.29, 1.82) is 0 Å². The summed E-state index contributed by atoms with van der Waals surface area (Å²) >= 11 is 3.55. The molecule has 96 valence electrons. The van der Waals surface area contributed by atoms with E-state index in [1.807, 2.05) is 42.5 Å². The van der Waals surface area contributed by atoms with Crippen molar-refractivity contribution in [3.63, 3.8) is 0 Å². The molecule has 2 aromatic rings. The maximum atomic E-state index is 12.4. The average Bonchev–Trinajstić information content (AvgIpc) is 2.90. The van der Waals surface area contributed by atoms with Crippen molar-refractivity contribution in [3.8, 4) is 0 Å². The van der Waals surface area contributed by atoms with E-state index in [4.69, 9.17) is 0 Å². The van der Waals surface area contributed by atoms with E-state index in [0.717, 1.165) is 34.3 Å². The smallest absolute Gasteiger partial charge is 0.169 e. The van der Waals surface area contributed by atoms with E-state index in [0.29, 0.717) is 6.42 Å². The van der Waals surface area contributed by atoms with Gasteiger partial charge >= 0.3 is 0 Å². The number of anilines is 1. The summed E-state index contributed by atoms with van der Waals surface area (Å²) in [5.41, 5.74) is 4.09. The molecule has 0 fully saturated rings. The third-order valence-electron chi connectivity index (χ3n) is 3.44. The van der Waals surface area contributed by atoms with Gasteiger partial charge in [0, 0.05) is 28.7 Å². The zero-order valence-electron chi connectivity index (χ0n) is 10.4. The minimum Gasteiger partial charge on any atom is -0.384 e. The number of benzene rings is 2. The van der Waals surface area contributed by atoms with Crippen LogP contribution >= 0.6 is 15.9 Å². The highest BCUT2D eigenvalue weighted by Crippen LogP contribution is 2.33. The molecule has 0 radical (unpaired) electrons. The summed E-state index contributed by atoms with van der Waals surface area (Å²) in [7, 11) is 0. The van der Waals surface area contributed by atoms with Gasteiger partial charge in [-0.2, -0.15) is 0 Å². The fourth-order valence-corrected chi connectivity index (χ4v) is 3.02. The standard InChI is InChI=1S/C16H14BrNO/c17-14-7-6-13(16-12(14)8-9-18-16)15(19)10-11-4-2-1-3-5-11/h1-7,18H,8-10H2. The molecule has 2 nitrogen and oxygen atoms in total. The van der Waals surface area contributed by atoms with Gasteiger partial charge in [-0.3, -0.25) is 4.79 Å². The lowest BCUT2D eigenvalue weighted by Gasteiger charge is -2.09. The number of hydrogen-bond acceptors (Lipinski definition) is 2. The van der Waals surface area contributed by atoms with Crippen LogP contribution < -0.4 is 5.32 Å². The molecule has 0 unspecified atom stereocenters. The van der Waals surface area contributed by atoms with Crippen LogP contribution in [0.5, 0.6) is 0 Å². The molecule has 1 aliphatic rings. The molecule has 2 aromatic carbocycles. The SMILES string of the molecule is O=C(Cc1ccccc1)c1ccc(Br)c2c1NCC2. The Morgan fingerprint density at radius 1 is 1.16 bits per heavy atom. The Kier molecular flexibility index (Phi) is 3.38. The minimum atomic E-state index is 0.171. The van der Waals surface area contributed by atoms with Crippen molar-refractivity contribution in [2.24, 2.45) is 0 Å². The van der Waals surface area contributed by atoms with Crippen molar-refractivity contribution in [3.05, 3.63) is 63.6 Å². The summed E-state index contributed by atoms with van der Waals surface area (Å²) in [4.78, 5) is 12.4. The molecule has 0 atom stereocenters. The second-order valence-corrected chi connectivity index (χ2v) is 5.57. The molecular formula is C16H14BrNO. The Morgan fingerprint density at radius 3 is 2.74 bits per heavy atom. The molecule has 3 heteroatoms. The maximum absolute atomic E-state index is 12.4. The van der Waals surface area contributed by atoms with Crippen molar-refractivity contribution < 1.29 is 4.79 Å². The van der Waals surface area contributed by atoms with E-state index in [2.05, 4.69) is 21.2 Å². The van der Waals surface area contributed by atoms with Crippen LogP contribution in [0.4, 0.5) is 5.69 Å². The van der Waals surface area contributed by atoms with E-state index in [1.54, 1.807) is 0 Å². The minimum absolute atomic E-state index is 0.171. The fourth-order valence-electron chi connectivity index (χ4n) is 2.49. The normalized spacial score (nSPS) is 12.9. The second-order valence-electron chi connectivity index (χ2n) is 4.71. The Hall–Kier alpha value is -1.61. The molecule has 3 rings (SSSR count). The van der Waals surface area contributed by atoms with E-state index in [-0.39, 0.29) is 5.78 Å². The molecule has 1 N–H and O–H groups in total. The van der Waals surface area contributed by atoms with Crippen molar-refractivity contribution >= 4 is 27.4 Å². The first kappa shape index (κ1) is 12.4. The van der Waals surface area contributed by atoms with Crippen LogP contribution in [0.3, 0.4) is 0 Å².